The number of carboxylic acids is 1. The van der Waals surface area contributed by atoms with Gasteiger partial charge in [0.25, 0.3) is 0 Å². The highest BCUT2D eigenvalue weighted by Gasteiger charge is 2.43. The molecule has 0 aliphatic heterocycles. The molecular formula is C15H20O2S. The molecule has 2 nitrogen and oxygen atoms in total. The molecule has 0 atom stereocenters. The molecule has 0 unspecified atom stereocenters. The normalized spacial score (nSPS) is 16.6. The standard InChI is InChI=1S/C15H20O2S/c1-11-5-12(2)7-13(6-11)9-18-10-15(3-4-15)8-14(16)17/h5-7H,3-4,8-10H2,1-2H3,(H,16,17). The summed E-state index contributed by atoms with van der Waals surface area (Å²) in [7, 11) is 0. The number of benzene rings is 1. The molecular weight excluding hydrogens is 244 g/mol. The monoisotopic (exact) mass is 264 g/mol. The number of carbonyl (C=O) groups is 1. The van der Waals surface area contributed by atoms with Gasteiger partial charge in [-0.15, -0.1) is 0 Å². The van der Waals surface area contributed by atoms with Crippen LogP contribution in [0.3, 0.4) is 0 Å². The van der Waals surface area contributed by atoms with Gasteiger partial charge < -0.3 is 5.11 Å². The van der Waals surface area contributed by atoms with Crippen LogP contribution in [-0.2, 0) is 10.5 Å². The van der Waals surface area contributed by atoms with Gasteiger partial charge in [0.15, 0.2) is 0 Å². The van der Waals surface area contributed by atoms with Crippen LogP contribution >= 0.6 is 11.8 Å². The van der Waals surface area contributed by atoms with Crippen LogP contribution in [0.5, 0.6) is 0 Å². The molecule has 0 amide bonds. The van der Waals surface area contributed by atoms with Crippen molar-refractivity contribution in [2.24, 2.45) is 5.41 Å². The molecule has 1 aromatic carbocycles. The molecule has 1 N–H and O–H groups in total. The third-order valence-electron chi connectivity index (χ3n) is 3.44. The maximum Gasteiger partial charge on any atom is 0.303 e. The van der Waals surface area contributed by atoms with E-state index in [2.05, 4.69) is 32.0 Å². The van der Waals surface area contributed by atoms with Gasteiger partial charge in [0, 0.05) is 5.75 Å². The zero-order chi connectivity index (χ0) is 13.2. The number of thioether (sulfide) groups is 1. The predicted molar refractivity (Wildman–Crippen MR) is 76.0 cm³/mol. The summed E-state index contributed by atoms with van der Waals surface area (Å²) in [6.07, 6.45) is 2.51. The number of hydrogen-bond donors (Lipinski definition) is 1. The van der Waals surface area contributed by atoms with E-state index in [1.165, 1.54) is 16.7 Å². The molecule has 1 saturated carbocycles. The Labute approximate surface area is 113 Å². The Morgan fingerprint density at radius 1 is 1.28 bits per heavy atom. The van der Waals surface area contributed by atoms with E-state index in [1.54, 1.807) is 0 Å². The second kappa shape index (κ2) is 5.35. The summed E-state index contributed by atoms with van der Waals surface area (Å²) >= 11 is 1.87. The lowest BCUT2D eigenvalue weighted by molar-refractivity contribution is -0.138. The summed E-state index contributed by atoms with van der Waals surface area (Å²) in [6, 6.07) is 6.62. The summed E-state index contributed by atoms with van der Waals surface area (Å²) < 4.78 is 0. The second-order valence-electron chi connectivity index (χ2n) is 5.56. The molecule has 0 saturated heterocycles. The smallest absolute Gasteiger partial charge is 0.303 e. The van der Waals surface area contributed by atoms with Crippen molar-refractivity contribution in [3.63, 3.8) is 0 Å². The molecule has 0 bridgehead atoms. The zero-order valence-corrected chi connectivity index (χ0v) is 11.8. The van der Waals surface area contributed by atoms with Gasteiger partial charge in [-0.2, -0.15) is 11.8 Å². The molecule has 0 spiro atoms. The fourth-order valence-electron chi connectivity index (χ4n) is 2.41. The first kappa shape index (κ1) is 13.5. The lowest BCUT2D eigenvalue weighted by Gasteiger charge is -2.12. The van der Waals surface area contributed by atoms with Gasteiger partial charge in [0.05, 0.1) is 6.42 Å². The van der Waals surface area contributed by atoms with Crippen LogP contribution in [0.2, 0.25) is 0 Å². The molecule has 2 rings (SSSR count). The van der Waals surface area contributed by atoms with E-state index in [0.717, 1.165) is 24.3 Å². The van der Waals surface area contributed by atoms with Gasteiger partial charge in [-0.3, -0.25) is 4.79 Å². The summed E-state index contributed by atoms with van der Waals surface area (Å²) in [5.41, 5.74) is 4.06. The van der Waals surface area contributed by atoms with Crippen molar-refractivity contribution in [1.29, 1.82) is 0 Å². The average Bonchev–Trinajstić information content (AvgIpc) is 2.95. The van der Waals surface area contributed by atoms with Gasteiger partial charge >= 0.3 is 5.97 Å². The molecule has 1 aliphatic carbocycles. The Balaban J connectivity index is 1.83. The van der Waals surface area contributed by atoms with E-state index in [0.29, 0.717) is 6.42 Å². The van der Waals surface area contributed by atoms with E-state index < -0.39 is 5.97 Å². The lowest BCUT2D eigenvalue weighted by Crippen LogP contribution is -2.11. The largest absolute Gasteiger partial charge is 0.481 e. The Kier molecular flexibility index (Phi) is 4.00. The summed E-state index contributed by atoms with van der Waals surface area (Å²) in [6.45, 7) is 4.24. The Hall–Kier alpha value is -0.960. The Morgan fingerprint density at radius 3 is 2.39 bits per heavy atom. The van der Waals surface area contributed by atoms with Crippen molar-refractivity contribution in [3.05, 3.63) is 34.9 Å². The minimum Gasteiger partial charge on any atom is -0.481 e. The first-order valence-electron chi connectivity index (χ1n) is 6.36. The van der Waals surface area contributed by atoms with Gasteiger partial charge in [-0.05, 0) is 43.4 Å². The van der Waals surface area contributed by atoms with E-state index in [-0.39, 0.29) is 5.41 Å². The Morgan fingerprint density at radius 2 is 1.89 bits per heavy atom. The number of carboxylic acid groups (broad SMARTS) is 1. The highest BCUT2D eigenvalue weighted by atomic mass is 32.2. The Bertz CT molecular complexity index is 430. The van der Waals surface area contributed by atoms with Crippen LogP contribution in [-0.4, -0.2) is 16.8 Å². The zero-order valence-electron chi connectivity index (χ0n) is 11.0. The predicted octanol–water partition coefficient (Wildman–Crippen LogP) is 3.79. The molecule has 0 heterocycles. The number of rotatable bonds is 6. The summed E-state index contributed by atoms with van der Waals surface area (Å²) in [5, 5.41) is 8.87. The first-order chi connectivity index (χ1) is 8.49. The maximum absolute atomic E-state index is 10.8. The van der Waals surface area contributed by atoms with Gasteiger partial charge in [0.2, 0.25) is 0 Å². The van der Waals surface area contributed by atoms with Crippen molar-refractivity contribution in [3.8, 4) is 0 Å². The van der Waals surface area contributed by atoms with Crippen LogP contribution < -0.4 is 0 Å². The molecule has 98 valence electrons. The van der Waals surface area contributed by atoms with E-state index in [9.17, 15) is 4.79 Å². The molecule has 1 fully saturated rings. The molecule has 0 aromatic heterocycles. The van der Waals surface area contributed by atoms with Crippen molar-refractivity contribution in [2.45, 2.75) is 38.9 Å². The second-order valence-corrected chi connectivity index (χ2v) is 6.54. The fraction of sp³-hybridized carbons (Fsp3) is 0.533. The summed E-state index contributed by atoms with van der Waals surface area (Å²) in [5.74, 6) is 1.32. The minimum absolute atomic E-state index is 0.107. The number of aryl methyl sites for hydroxylation is 2. The number of aliphatic carboxylic acids is 1. The van der Waals surface area contributed by atoms with E-state index in [4.69, 9.17) is 5.11 Å². The van der Waals surface area contributed by atoms with Crippen LogP contribution in [0.4, 0.5) is 0 Å². The third-order valence-corrected chi connectivity index (χ3v) is 4.80. The van der Waals surface area contributed by atoms with Crippen molar-refractivity contribution >= 4 is 17.7 Å². The first-order valence-corrected chi connectivity index (χ1v) is 7.51. The molecule has 18 heavy (non-hydrogen) atoms. The third kappa shape index (κ3) is 3.77. The highest BCUT2D eigenvalue weighted by Crippen LogP contribution is 2.51. The van der Waals surface area contributed by atoms with E-state index in [1.807, 2.05) is 11.8 Å². The van der Waals surface area contributed by atoms with Crippen molar-refractivity contribution in [1.82, 2.24) is 0 Å². The number of hydrogen-bond acceptors (Lipinski definition) is 2. The van der Waals surface area contributed by atoms with Crippen LogP contribution in [0.1, 0.15) is 36.0 Å². The van der Waals surface area contributed by atoms with Crippen LogP contribution in [0.15, 0.2) is 18.2 Å². The summed E-state index contributed by atoms with van der Waals surface area (Å²) in [4.78, 5) is 10.8. The average molecular weight is 264 g/mol. The lowest BCUT2D eigenvalue weighted by atomic mass is 10.1. The van der Waals surface area contributed by atoms with Crippen LogP contribution in [0.25, 0.3) is 0 Å². The van der Waals surface area contributed by atoms with Crippen molar-refractivity contribution in [2.75, 3.05) is 5.75 Å². The SMILES string of the molecule is Cc1cc(C)cc(CSCC2(CC(=O)O)CC2)c1. The molecule has 3 heteroatoms. The maximum atomic E-state index is 10.8. The topological polar surface area (TPSA) is 37.3 Å². The fourth-order valence-corrected chi connectivity index (χ4v) is 3.74. The molecule has 0 radical (unpaired) electrons. The van der Waals surface area contributed by atoms with Gasteiger partial charge in [-0.25, -0.2) is 0 Å². The van der Waals surface area contributed by atoms with E-state index >= 15 is 0 Å². The van der Waals surface area contributed by atoms with Gasteiger partial charge in [-0.1, -0.05) is 29.3 Å². The highest BCUT2D eigenvalue weighted by molar-refractivity contribution is 7.98. The molecule has 1 aliphatic rings. The quantitative estimate of drug-likeness (QED) is 0.849. The van der Waals surface area contributed by atoms with Gasteiger partial charge in [0.1, 0.15) is 0 Å². The van der Waals surface area contributed by atoms with Crippen LogP contribution in [0, 0.1) is 19.3 Å². The van der Waals surface area contributed by atoms with Crippen molar-refractivity contribution < 1.29 is 9.90 Å². The minimum atomic E-state index is -0.653. The molecule has 1 aromatic rings.